The Labute approximate surface area is 175 Å². The number of amides is 1. The molecule has 7 nitrogen and oxygen atoms in total. The summed E-state index contributed by atoms with van der Waals surface area (Å²) in [4.78, 5) is 24.9. The smallest absolute Gasteiger partial charge is 0.325 e. The van der Waals surface area contributed by atoms with Gasteiger partial charge in [-0.1, -0.05) is 43.6 Å². The molecule has 0 saturated heterocycles. The molecule has 0 aliphatic rings. The van der Waals surface area contributed by atoms with Crippen molar-refractivity contribution < 1.29 is 22.7 Å². The minimum Gasteiger partial charge on any atom is -0.451 e. The summed E-state index contributed by atoms with van der Waals surface area (Å²) in [6.45, 7) is 4.77. The van der Waals surface area contributed by atoms with Crippen molar-refractivity contribution in [2.24, 2.45) is 5.92 Å². The molecule has 2 N–H and O–H groups in total. The van der Waals surface area contributed by atoms with Crippen LogP contribution in [0.4, 0.5) is 5.69 Å². The van der Waals surface area contributed by atoms with Gasteiger partial charge in [-0.15, -0.1) is 0 Å². The number of rotatable bonds is 8. The van der Waals surface area contributed by atoms with Gasteiger partial charge < -0.3 is 10.1 Å². The molecule has 29 heavy (non-hydrogen) atoms. The molecule has 0 saturated carbocycles. The fourth-order valence-corrected chi connectivity index (χ4v) is 3.85. The number of esters is 1. The van der Waals surface area contributed by atoms with Crippen LogP contribution in [0, 0.1) is 5.92 Å². The molecule has 9 heteroatoms. The molecule has 0 fully saturated rings. The summed E-state index contributed by atoms with van der Waals surface area (Å²) < 4.78 is 32.6. The molecular formula is C20H23ClN2O5S. The lowest BCUT2D eigenvalue weighted by molar-refractivity contribution is -0.155. The summed E-state index contributed by atoms with van der Waals surface area (Å²) in [5, 5.41) is 3.12. The van der Waals surface area contributed by atoms with E-state index in [9.17, 15) is 18.0 Å². The van der Waals surface area contributed by atoms with Gasteiger partial charge in [0.15, 0.2) is 6.10 Å². The zero-order valence-corrected chi connectivity index (χ0v) is 17.8. The first-order chi connectivity index (χ1) is 13.6. The lowest BCUT2D eigenvalue weighted by atomic mass is 10.1. The Morgan fingerprint density at radius 2 is 1.55 bits per heavy atom. The first-order valence-corrected chi connectivity index (χ1v) is 10.8. The third-order valence-electron chi connectivity index (χ3n) is 4.03. The van der Waals surface area contributed by atoms with Crippen molar-refractivity contribution in [2.75, 3.05) is 5.32 Å². The minimum absolute atomic E-state index is 0.0342. The fourth-order valence-electron chi connectivity index (χ4n) is 2.37. The van der Waals surface area contributed by atoms with E-state index in [2.05, 4.69) is 10.0 Å². The molecule has 0 spiro atoms. The van der Waals surface area contributed by atoms with Crippen molar-refractivity contribution >= 4 is 39.2 Å². The van der Waals surface area contributed by atoms with Crippen LogP contribution in [0.1, 0.15) is 20.8 Å². The van der Waals surface area contributed by atoms with Gasteiger partial charge in [-0.2, -0.15) is 4.72 Å². The zero-order valence-electron chi connectivity index (χ0n) is 16.3. The number of benzene rings is 2. The number of nitrogens with one attached hydrogen (secondary N) is 2. The molecule has 0 heterocycles. The van der Waals surface area contributed by atoms with E-state index in [-0.39, 0.29) is 4.90 Å². The molecule has 0 radical (unpaired) electrons. The summed E-state index contributed by atoms with van der Waals surface area (Å²) in [6.07, 6.45) is -1.12. The Morgan fingerprint density at radius 1 is 0.966 bits per heavy atom. The number of hydrogen-bond acceptors (Lipinski definition) is 5. The molecule has 2 rings (SSSR count). The molecule has 0 bridgehead atoms. The highest BCUT2D eigenvalue weighted by atomic mass is 35.5. The van der Waals surface area contributed by atoms with Crippen molar-refractivity contribution in [1.82, 2.24) is 4.72 Å². The first-order valence-electron chi connectivity index (χ1n) is 8.94. The van der Waals surface area contributed by atoms with Crippen molar-refractivity contribution in [2.45, 2.75) is 37.8 Å². The Hall–Kier alpha value is -2.42. The molecule has 0 unspecified atom stereocenters. The highest BCUT2D eigenvalue weighted by Gasteiger charge is 2.31. The fraction of sp³-hybridized carbons (Fsp3) is 0.300. The van der Waals surface area contributed by atoms with Gasteiger partial charge in [-0.3, -0.25) is 9.59 Å². The number of carbonyl (C=O) groups is 2. The molecule has 156 valence electrons. The van der Waals surface area contributed by atoms with Crippen LogP contribution in [0.15, 0.2) is 59.5 Å². The van der Waals surface area contributed by atoms with Crippen LogP contribution in [-0.4, -0.2) is 32.4 Å². The highest BCUT2D eigenvalue weighted by molar-refractivity contribution is 7.89. The molecular weight excluding hydrogens is 416 g/mol. The van der Waals surface area contributed by atoms with Crippen LogP contribution in [0.2, 0.25) is 5.02 Å². The molecule has 1 amide bonds. The van der Waals surface area contributed by atoms with Crippen molar-refractivity contribution in [3.8, 4) is 0 Å². The summed E-state index contributed by atoms with van der Waals surface area (Å²) in [7, 11) is -3.92. The summed E-state index contributed by atoms with van der Waals surface area (Å²) >= 11 is 5.80. The summed E-state index contributed by atoms with van der Waals surface area (Å²) in [6, 6.07) is 13.0. The predicted molar refractivity (Wildman–Crippen MR) is 111 cm³/mol. The lowest BCUT2D eigenvalue weighted by Gasteiger charge is -2.23. The highest BCUT2D eigenvalue weighted by Crippen LogP contribution is 2.15. The Kier molecular flexibility index (Phi) is 7.78. The lowest BCUT2D eigenvalue weighted by Crippen LogP contribution is -2.47. The molecule has 0 aromatic heterocycles. The Balaban J connectivity index is 2.04. The number of sulfonamides is 1. The number of carbonyl (C=O) groups excluding carboxylic acids is 2. The maximum Gasteiger partial charge on any atom is 0.325 e. The average molecular weight is 439 g/mol. The third kappa shape index (κ3) is 6.56. The second kappa shape index (κ2) is 9.87. The van der Waals surface area contributed by atoms with Crippen molar-refractivity contribution in [3.63, 3.8) is 0 Å². The quantitative estimate of drug-likeness (QED) is 0.616. The number of anilines is 1. The largest absolute Gasteiger partial charge is 0.451 e. The number of ether oxygens (including phenoxy) is 1. The van der Waals surface area contributed by atoms with Gasteiger partial charge >= 0.3 is 5.97 Å². The Morgan fingerprint density at radius 3 is 2.10 bits per heavy atom. The number of hydrogen-bond donors (Lipinski definition) is 2. The zero-order chi connectivity index (χ0) is 21.6. The van der Waals surface area contributed by atoms with Gasteiger partial charge in [0.05, 0.1) is 4.90 Å². The van der Waals surface area contributed by atoms with Gasteiger partial charge in [0.1, 0.15) is 6.04 Å². The van der Waals surface area contributed by atoms with Crippen LogP contribution in [0.3, 0.4) is 0 Å². The van der Waals surface area contributed by atoms with E-state index in [1.165, 1.54) is 19.1 Å². The van der Waals surface area contributed by atoms with Gasteiger partial charge in [0, 0.05) is 10.7 Å². The maximum atomic E-state index is 12.6. The molecule has 2 aromatic carbocycles. The van der Waals surface area contributed by atoms with Crippen LogP contribution in [0.5, 0.6) is 0 Å². The van der Waals surface area contributed by atoms with Crippen LogP contribution < -0.4 is 10.0 Å². The Bertz CT molecular complexity index is 947. The summed E-state index contributed by atoms with van der Waals surface area (Å²) in [5.41, 5.74) is 0.493. The number of halogens is 1. The van der Waals surface area contributed by atoms with E-state index in [0.717, 1.165) is 0 Å². The van der Waals surface area contributed by atoms with Gasteiger partial charge in [-0.25, -0.2) is 8.42 Å². The average Bonchev–Trinajstić information content (AvgIpc) is 2.68. The topological polar surface area (TPSA) is 102 Å². The van der Waals surface area contributed by atoms with Gasteiger partial charge in [0.25, 0.3) is 5.91 Å². The predicted octanol–water partition coefficient (Wildman–Crippen LogP) is 3.21. The van der Waals surface area contributed by atoms with Crippen LogP contribution >= 0.6 is 11.6 Å². The van der Waals surface area contributed by atoms with E-state index in [0.29, 0.717) is 10.7 Å². The molecule has 2 atom stereocenters. The van der Waals surface area contributed by atoms with Crippen LogP contribution in [0.25, 0.3) is 0 Å². The standard InChI is InChI=1S/C20H23ClN2O5S/c1-13(2)18(23-29(26,27)17-7-5-4-6-8-17)20(25)28-14(3)19(24)22-16-11-9-15(21)10-12-16/h4-14,18,23H,1-3H3,(H,22,24)/t14-,18+/m1/s1. The van der Waals surface area contributed by atoms with E-state index in [1.54, 1.807) is 56.3 Å². The van der Waals surface area contributed by atoms with Gasteiger partial charge in [-0.05, 0) is 49.2 Å². The minimum atomic E-state index is -3.92. The summed E-state index contributed by atoms with van der Waals surface area (Å²) in [5.74, 6) is -1.78. The first kappa shape index (κ1) is 22.9. The second-order valence-corrected chi connectivity index (χ2v) is 8.88. The van der Waals surface area contributed by atoms with E-state index in [4.69, 9.17) is 16.3 Å². The third-order valence-corrected chi connectivity index (χ3v) is 5.74. The second-order valence-electron chi connectivity index (χ2n) is 6.73. The SMILES string of the molecule is CC(C)[C@H](NS(=O)(=O)c1ccccc1)C(=O)O[C@H](C)C(=O)Nc1ccc(Cl)cc1. The molecule has 0 aliphatic carbocycles. The molecule has 2 aromatic rings. The normalized spacial score (nSPS) is 13.6. The van der Waals surface area contributed by atoms with E-state index >= 15 is 0 Å². The van der Waals surface area contributed by atoms with Crippen molar-refractivity contribution in [3.05, 3.63) is 59.6 Å². The van der Waals surface area contributed by atoms with E-state index < -0.39 is 40.0 Å². The van der Waals surface area contributed by atoms with Gasteiger partial charge in [0.2, 0.25) is 10.0 Å². The monoisotopic (exact) mass is 438 g/mol. The molecule has 0 aliphatic heterocycles. The maximum absolute atomic E-state index is 12.6. The van der Waals surface area contributed by atoms with Crippen molar-refractivity contribution in [1.29, 1.82) is 0 Å². The van der Waals surface area contributed by atoms with E-state index in [1.807, 2.05) is 0 Å². The van der Waals surface area contributed by atoms with Crippen LogP contribution in [-0.2, 0) is 24.3 Å².